The predicted molar refractivity (Wildman–Crippen MR) is 50.1 cm³/mol. The molecule has 1 aromatic rings. The summed E-state index contributed by atoms with van der Waals surface area (Å²) in [6.07, 6.45) is 0. The van der Waals surface area contributed by atoms with Crippen LogP contribution in [0.1, 0.15) is 5.56 Å². The highest BCUT2D eigenvalue weighted by molar-refractivity contribution is 7.73. The van der Waals surface area contributed by atoms with Gasteiger partial charge in [0.25, 0.3) is 0 Å². The molecule has 0 radical (unpaired) electrons. The Balaban J connectivity index is 3.20. The van der Waals surface area contributed by atoms with E-state index in [2.05, 4.69) is 4.72 Å². The molecule has 0 aromatic heterocycles. The molecule has 0 aliphatic carbocycles. The zero-order chi connectivity index (χ0) is 10.0. The molecule has 0 spiro atoms. The van der Waals surface area contributed by atoms with Gasteiger partial charge in [0.05, 0.1) is 5.69 Å². The van der Waals surface area contributed by atoms with Crippen molar-refractivity contribution in [2.45, 2.75) is 6.92 Å². The summed E-state index contributed by atoms with van der Waals surface area (Å²) in [6.45, 7) is 1.47. The number of thiol groups is 1. The lowest BCUT2D eigenvalue weighted by Gasteiger charge is -2.05. The summed E-state index contributed by atoms with van der Waals surface area (Å²) in [5.41, 5.74) is 0.393. The molecule has 0 aliphatic rings. The Morgan fingerprint density at radius 2 is 2.08 bits per heavy atom. The van der Waals surface area contributed by atoms with Gasteiger partial charge in [0.2, 0.25) is 10.9 Å². The van der Waals surface area contributed by atoms with Gasteiger partial charge in [0.1, 0.15) is 5.82 Å². The molecule has 6 heteroatoms. The van der Waals surface area contributed by atoms with Gasteiger partial charge in [-0.2, -0.15) is 0 Å². The smallest absolute Gasteiger partial charge is 0.222 e. The zero-order valence-corrected chi connectivity index (χ0v) is 8.32. The highest BCUT2D eigenvalue weighted by atomic mass is 35.5. The normalized spacial score (nSPS) is 10.5. The van der Waals surface area contributed by atoms with Crippen LogP contribution in [0.4, 0.5) is 10.1 Å². The van der Waals surface area contributed by atoms with Crippen LogP contribution in [0.25, 0.3) is 0 Å². The molecule has 0 fully saturated rings. The van der Waals surface area contributed by atoms with Crippen LogP contribution in [0.3, 0.4) is 0 Å². The van der Waals surface area contributed by atoms with Crippen LogP contribution in [0.5, 0.6) is 0 Å². The number of halogens is 2. The van der Waals surface area contributed by atoms with Crippen LogP contribution in [0.15, 0.2) is 12.1 Å². The second-order valence-electron chi connectivity index (χ2n) is 2.43. The Morgan fingerprint density at radius 1 is 1.46 bits per heavy atom. The lowest BCUT2D eigenvalue weighted by Crippen LogP contribution is -1.98. The number of benzene rings is 1. The monoisotopic (exact) mass is 223 g/mol. The van der Waals surface area contributed by atoms with Gasteiger partial charge in [0, 0.05) is 10.6 Å². The van der Waals surface area contributed by atoms with E-state index >= 15 is 0 Å². The van der Waals surface area contributed by atoms with Crippen molar-refractivity contribution in [1.29, 1.82) is 0 Å². The van der Waals surface area contributed by atoms with Gasteiger partial charge in [-0.15, -0.1) is 0 Å². The minimum absolute atomic E-state index is 0.155. The van der Waals surface area contributed by atoms with Gasteiger partial charge in [-0.1, -0.05) is 11.6 Å². The van der Waals surface area contributed by atoms with Gasteiger partial charge in [-0.05, 0) is 19.1 Å². The average molecular weight is 224 g/mol. The third-order valence-electron chi connectivity index (χ3n) is 1.52. The van der Waals surface area contributed by atoms with Crippen molar-refractivity contribution in [1.82, 2.24) is 0 Å². The fourth-order valence-electron chi connectivity index (χ4n) is 0.860. The Hall–Kier alpha value is -0.810. The van der Waals surface area contributed by atoms with Crippen molar-refractivity contribution < 1.29 is 12.8 Å². The summed E-state index contributed by atoms with van der Waals surface area (Å²) >= 11 is 5.53. The van der Waals surface area contributed by atoms with Crippen LogP contribution in [-0.4, -0.2) is 8.42 Å². The van der Waals surface area contributed by atoms with Crippen LogP contribution < -0.4 is 4.72 Å². The predicted octanol–water partition coefficient (Wildman–Crippen LogP) is 1.73. The van der Waals surface area contributed by atoms with Crippen molar-refractivity contribution in [3.8, 4) is 0 Å². The largest absolute Gasteiger partial charge is 0.285 e. The van der Waals surface area contributed by atoms with Crippen LogP contribution in [0.2, 0.25) is 5.02 Å². The molecule has 0 unspecified atom stereocenters. The highest BCUT2D eigenvalue weighted by Gasteiger charge is 2.05. The van der Waals surface area contributed by atoms with E-state index in [1.807, 2.05) is 0 Å². The van der Waals surface area contributed by atoms with Crippen molar-refractivity contribution in [2.75, 3.05) is 4.72 Å². The molecule has 3 nitrogen and oxygen atoms in total. The Morgan fingerprint density at radius 3 is 2.62 bits per heavy atom. The molecule has 1 rings (SSSR count). The lowest BCUT2D eigenvalue weighted by atomic mass is 10.2. The van der Waals surface area contributed by atoms with Crippen molar-refractivity contribution in [2.24, 2.45) is 0 Å². The van der Waals surface area contributed by atoms with Crippen LogP contribution in [-0.2, 0) is 10.9 Å². The molecule has 1 aromatic carbocycles. The number of hydrogen-bond acceptors (Lipinski definition) is 2. The van der Waals surface area contributed by atoms with Gasteiger partial charge >= 0.3 is 0 Å². The summed E-state index contributed by atoms with van der Waals surface area (Å²) in [7, 11) is -2.79. The Bertz CT molecular complexity index is 398. The third-order valence-corrected chi connectivity index (χ3v) is 2.16. The minimum Gasteiger partial charge on any atom is -0.285 e. The standard InChI is InChI=1S/C7H7ClFNO2S/c1-4-6(9)2-5(8)3-7(4)10-13(11)12/h2-3,13H,1H3,(H,10,11,12). The van der Waals surface area contributed by atoms with Crippen molar-refractivity contribution in [3.05, 3.63) is 28.5 Å². The van der Waals surface area contributed by atoms with Crippen LogP contribution in [0, 0.1) is 12.7 Å². The third kappa shape index (κ3) is 2.57. The topological polar surface area (TPSA) is 46.2 Å². The first kappa shape index (κ1) is 10.3. The van der Waals surface area contributed by atoms with Crippen molar-refractivity contribution >= 4 is 28.2 Å². The van der Waals surface area contributed by atoms with Gasteiger partial charge in [-0.25, -0.2) is 12.8 Å². The minimum atomic E-state index is -2.79. The van der Waals surface area contributed by atoms with E-state index in [4.69, 9.17) is 11.6 Å². The first-order valence-electron chi connectivity index (χ1n) is 3.37. The molecule has 13 heavy (non-hydrogen) atoms. The molecule has 0 saturated carbocycles. The molecule has 0 bridgehead atoms. The fraction of sp³-hybridized carbons (Fsp3) is 0.143. The second kappa shape index (κ2) is 3.93. The lowest BCUT2D eigenvalue weighted by molar-refractivity contribution is 0.616. The summed E-state index contributed by atoms with van der Waals surface area (Å²) in [5.74, 6) is -0.535. The maximum absolute atomic E-state index is 13.0. The highest BCUT2D eigenvalue weighted by Crippen LogP contribution is 2.23. The molecule has 0 saturated heterocycles. The summed E-state index contributed by atoms with van der Waals surface area (Å²) in [4.78, 5) is 0. The molecular formula is C7H7ClFNO2S. The molecule has 0 atom stereocenters. The van der Waals surface area contributed by atoms with E-state index in [1.54, 1.807) is 0 Å². The van der Waals surface area contributed by atoms with E-state index in [9.17, 15) is 12.8 Å². The first-order valence-corrected chi connectivity index (χ1v) is 4.93. The van der Waals surface area contributed by atoms with Crippen LogP contribution >= 0.6 is 11.6 Å². The molecule has 0 aliphatic heterocycles. The number of anilines is 1. The molecule has 0 amide bonds. The number of rotatable bonds is 2. The molecular weight excluding hydrogens is 217 g/mol. The van der Waals surface area contributed by atoms with E-state index in [0.717, 1.165) is 6.07 Å². The SMILES string of the molecule is Cc1c(F)cc(Cl)cc1N[SH](=O)=O. The maximum Gasteiger partial charge on any atom is 0.222 e. The summed E-state index contributed by atoms with van der Waals surface area (Å²) < 4.78 is 35.7. The second-order valence-corrected chi connectivity index (χ2v) is 3.60. The van der Waals surface area contributed by atoms with E-state index in [-0.39, 0.29) is 16.3 Å². The number of hydrogen-bond donors (Lipinski definition) is 2. The Labute approximate surface area is 81.6 Å². The average Bonchev–Trinajstić information content (AvgIpc) is 1.98. The maximum atomic E-state index is 13.0. The van der Waals surface area contributed by atoms with Crippen molar-refractivity contribution in [3.63, 3.8) is 0 Å². The van der Waals surface area contributed by atoms with E-state index in [1.165, 1.54) is 13.0 Å². The fourth-order valence-corrected chi connectivity index (χ4v) is 1.49. The first-order chi connectivity index (χ1) is 6.00. The number of nitrogens with one attached hydrogen (secondary N) is 1. The summed E-state index contributed by atoms with van der Waals surface area (Å²) in [6, 6.07) is 2.48. The van der Waals surface area contributed by atoms with Gasteiger partial charge in [-0.3, -0.25) is 4.72 Å². The summed E-state index contributed by atoms with van der Waals surface area (Å²) in [5, 5.41) is 0.155. The van der Waals surface area contributed by atoms with Gasteiger partial charge in [0.15, 0.2) is 0 Å². The molecule has 0 heterocycles. The zero-order valence-electron chi connectivity index (χ0n) is 6.67. The Kier molecular flexibility index (Phi) is 3.11. The molecule has 72 valence electrons. The molecule has 1 N–H and O–H groups in total. The quantitative estimate of drug-likeness (QED) is 0.750. The van der Waals surface area contributed by atoms with E-state index < -0.39 is 16.7 Å². The van der Waals surface area contributed by atoms with E-state index in [0.29, 0.717) is 0 Å². The van der Waals surface area contributed by atoms with Gasteiger partial charge < -0.3 is 0 Å².